The predicted molar refractivity (Wildman–Crippen MR) is 94.9 cm³/mol. The second-order valence-corrected chi connectivity index (χ2v) is 7.47. The van der Waals surface area contributed by atoms with Crippen LogP contribution in [0.25, 0.3) is 0 Å². The third kappa shape index (κ3) is 6.80. The van der Waals surface area contributed by atoms with Crippen LogP contribution in [-0.4, -0.2) is 47.6 Å². The SMILES string of the molecule is O=C(O)CCCCCCCC(=O)NC[C@@H]1CCCN2CCCC[C@@H]12. The molecule has 2 heterocycles. The number of carboxylic acids is 1. The van der Waals surface area contributed by atoms with Crippen molar-refractivity contribution in [2.45, 2.75) is 83.1 Å². The molecule has 0 unspecified atom stereocenters. The zero-order valence-electron chi connectivity index (χ0n) is 15.0. The smallest absolute Gasteiger partial charge is 0.303 e. The van der Waals surface area contributed by atoms with E-state index in [1.807, 2.05) is 0 Å². The molecule has 0 spiro atoms. The highest BCUT2D eigenvalue weighted by Crippen LogP contribution is 2.30. The van der Waals surface area contributed by atoms with E-state index in [9.17, 15) is 9.59 Å². The van der Waals surface area contributed by atoms with Crippen LogP contribution in [0.4, 0.5) is 0 Å². The van der Waals surface area contributed by atoms with Gasteiger partial charge in [-0.15, -0.1) is 0 Å². The van der Waals surface area contributed by atoms with Crippen molar-refractivity contribution in [3.63, 3.8) is 0 Å². The van der Waals surface area contributed by atoms with Crippen molar-refractivity contribution in [3.8, 4) is 0 Å². The molecule has 1 amide bonds. The van der Waals surface area contributed by atoms with Crippen molar-refractivity contribution in [2.75, 3.05) is 19.6 Å². The lowest BCUT2D eigenvalue weighted by atomic mass is 9.83. The zero-order valence-corrected chi connectivity index (χ0v) is 15.0. The summed E-state index contributed by atoms with van der Waals surface area (Å²) < 4.78 is 0. The van der Waals surface area contributed by atoms with E-state index in [1.54, 1.807) is 0 Å². The fourth-order valence-corrected chi connectivity index (χ4v) is 4.24. The van der Waals surface area contributed by atoms with Crippen LogP contribution >= 0.6 is 0 Å². The molecule has 0 aromatic heterocycles. The zero-order chi connectivity index (χ0) is 17.2. The Labute approximate surface area is 146 Å². The molecule has 0 radical (unpaired) electrons. The van der Waals surface area contributed by atoms with Crippen LogP contribution in [0, 0.1) is 5.92 Å². The van der Waals surface area contributed by atoms with Crippen molar-refractivity contribution < 1.29 is 14.7 Å². The summed E-state index contributed by atoms with van der Waals surface area (Å²) in [6, 6.07) is 0.696. The number of nitrogens with zero attached hydrogens (tertiary/aromatic N) is 1. The predicted octanol–water partition coefficient (Wildman–Crippen LogP) is 3.18. The summed E-state index contributed by atoms with van der Waals surface area (Å²) in [4.78, 5) is 25.1. The first-order chi connectivity index (χ1) is 11.7. The Morgan fingerprint density at radius 1 is 0.917 bits per heavy atom. The van der Waals surface area contributed by atoms with Gasteiger partial charge in [0, 0.05) is 25.4 Å². The third-order valence-corrected chi connectivity index (χ3v) is 5.58. The molecule has 2 fully saturated rings. The first-order valence-corrected chi connectivity index (χ1v) is 9.89. The highest BCUT2D eigenvalue weighted by atomic mass is 16.4. The second-order valence-electron chi connectivity index (χ2n) is 7.47. The van der Waals surface area contributed by atoms with Gasteiger partial charge in [-0.25, -0.2) is 0 Å². The maximum atomic E-state index is 12.0. The Bertz CT molecular complexity index is 398. The van der Waals surface area contributed by atoms with Crippen LogP contribution in [0.2, 0.25) is 0 Å². The monoisotopic (exact) mass is 338 g/mol. The minimum absolute atomic E-state index is 0.188. The highest BCUT2D eigenvalue weighted by molar-refractivity contribution is 5.75. The molecular weight excluding hydrogens is 304 g/mol. The lowest BCUT2D eigenvalue weighted by Crippen LogP contribution is -2.50. The van der Waals surface area contributed by atoms with Gasteiger partial charge in [0.05, 0.1) is 0 Å². The van der Waals surface area contributed by atoms with Gasteiger partial charge in [-0.2, -0.15) is 0 Å². The topological polar surface area (TPSA) is 69.6 Å². The van der Waals surface area contributed by atoms with E-state index in [0.717, 1.165) is 38.6 Å². The van der Waals surface area contributed by atoms with Crippen molar-refractivity contribution >= 4 is 11.9 Å². The molecule has 2 aliphatic rings. The maximum Gasteiger partial charge on any atom is 0.303 e. The van der Waals surface area contributed by atoms with Gasteiger partial charge >= 0.3 is 5.97 Å². The Balaban J connectivity index is 1.52. The number of piperidine rings is 2. The Morgan fingerprint density at radius 3 is 2.42 bits per heavy atom. The van der Waals surface area contributed by atoms with Gasteiger partial charge in [0.15, 0.2) is 0 Å². The number of aliphatic carboxylic acids is 1. The number of fused-ring (bicyclic) bond motifs is 1. The molecule has 138 valence electrons. The largest absolute Gasteiger partial charge is 0.481 e. The van der Waals surface area contributed by atoms with Gasteiger partial charge < -0.3 is 15.3 Å². The molecule has 0 aromatic carbocycles. The highest BCUT2D eigenvalue weighted by Gasteiger charge is 2.32. The van der Waals surface area contributed by atoms with E-state index in [-0.39, 0.29) is 12.3 Å². The molecule has 5 heteroatoms. The number of carbonyl (C=O) groups is 2. The molecule has 5 nitrogen and oxygen atoms in total. The van der Waals surface area contributed by atoms with E-state index in [2.05, 4.69) is 10.2 Å². The van der Waals surface area contributed by atoms with Gasteiger partial charge in [0.2, 0.25) is 5.91 Å². The molecule has 0 bridgehead atoms. The standard InChI is InChI=1S/C19H34N2O3/c22-18(11-4-2-1-3-5-12-19(23)24)20-15-16-9-8-14-21-13-7-6-10-17(16)21/h16-17H,1-15H2,(H,20,22)(H,23,24)/t16-,17-/m0/s1. The first-order valence-electron chi connectivity index (χ1n) is 9.89. The quantitative estimate of drug-likeness (QED) is 0.600. The summed E-state index contributed by atoms with van der Waals surface area (Å²) in [5, 5.41) is 11.7. The fourth-order valence-electron chi connectivity index (χ4n) is 4.24. The van der Waals surface area contributed by atoms with Crippen LogP contribution < -0.4 is 5.32 Å². The van der Waals surface area contributed by atoms with E-state index in [1.165, 1.54) is 45.2 Å². The lowest BCUT2D eigenvalue weighted by molar-refractivity contribution is -0.137. The molecule has 0 aliphatic carbocycles. The van der Waals surface area contributed by atoms with Crippen molar-refractivity contribution in [1.82, 2.24) is 10.2 Å². The molecule has 2 saturated heterocycles. The number of carbonyl (C=O) groups excluding carboxylic acids is 1. The average Bonchev–Trinajstić information content (AvgIpc) is 2.58. The average molecular weight is 338 g/mol. The molecule has 24 heavy (non-hydrogen) atoms. The van der Waals surface area contributed by atoms with E-state index in [4.69, 9.17) is 5.11 Å². The third-order valence-electron chi connectivity index (χ3n) is 5.58. The first kappa shape index (κ1) is 19.2. The van der Waals surface area contributed by atoms with E-state index < -0.39 is 5.97 Å². The van der Waals surface area contributed by atoms with Crippen LogP contribution in [0.3, 0.4) is 0 Å². The maximum absolute atomic E-state index is 12.0. The molecule has 0 saturated carbocycles. The number of hydrogen-bond acceptors (Lipinski definition) is 3. The molecule has 2 atom stereocenters. The molecule has 2 aliphatic heterocycles. The van der Waals surface area contributed by atoms with Crippen LogP contribution in [0.5, 0.6) is 0 Å². The summed E-state index contributed by atoms with van der Waals surface area (Å²) in [6.45, 7) is 3.34. The summed E-state index contributed by atoms with van der Waals surface area (Å²) in [5.74, 6) is 0.112. The number of amides is 1. The summed E-state index contributed by atoms with van der Waals surface area (Å²) in [5.41, 5.74) is 0. The van der Waals surface area contributed by atoms with Crippen LogP contribution in [-0.2, 0) is 9.59 Å². The number of hydrogen-bond donors (Lipinski definition) is 2. The van der Waals surface area contributed by atoms with Gasteiger partial charge in [-0.1, -0.05) is 25.7 Å². The fraction of sp³-hybridized carbons (Fsp3) is 0.895. The minimum atomic E-state index is -0.714. The molecule has 2 N–H and O–H groups in total. The number of carboxylic acid groups (broad SMARTS) is 1. The number of rotatable bonds is 10. The van der Waals surface area contributed by atoms with E-state index in [0.29, 0.717) is 18.4 Å². The van der Waals surface area contributed by atoms with Crippen molar-refractivity contribution in [1.29, 1.82) is 0 Å². The normalized spacial score (nSPS) is 24.3. The number of unbranched alkanes of at least 4 members (excludes halogenated alkanes) is 4. The van der Waals surface area contributed by atoms with Crippen molar-refractivity contribution in [2.24, 2.45) is 5.92 Å². The van der Waals surface area contributed by atoms with Gasteiger partial charge in [-0.3, -0.25) is 9.59 Å². The Kier molecular flexibility index (Phi) is 8.57. The van der Waals surface area contributed by atoms with E-state index >= 15 is 0 Å². The Hall–Kier alpha value is -1.10. The summed E-state index contributed by atoms with van der Waals surface area (Å²) >= 11 is 0. The summed E-state index contributed by atoms with van der Waals surface area (Å²) in [6.07, 6.45) is 12.0. The molecule has 2 rings (SSSR count). The van der Waals surface area contributed by atoms with Crippen LogP contribution in [0.1, 0.15) is 77.0 Å². The van der Waals surface area contributed by atoms with Gasteiger partial charge in [0.25, 0.3) is 0 Å². The summed E-state index contributed by atoms with van der Waals surface area (Å²) in [7, 11) is 0. The molecular formula is C19H34N2O3. The lowest BCUT2D eigenvalue weighted by Gasteiger charge is -2.44. The Morgan fingerprint density at radius 2 is 1.62 bits per heavy atom. The second kappa shape index (κ2) is 10.7. The van der Waals surface area contributed by atoms with Gasteiger partial charge in [0.1, 0.15) is 0 Å². The van der Waals surface area contributed by atoms with Crippen molar-refractivity contribution in [3.05, 3.63) is 0 Å². The van der Waals surface area contributed by atoms with Crippen LogP contribution in [0.15, 0.2) is 0 Å². The minimum Gasteiger partial charge on any atom is -0.481 e. The number of nitrogens with one attached hydrogen (secondary N) is 1. The molecule has 0 aromatic rings. The van der Waals surface area contributed by atoms with Gasteiger partial charge in [-0.05, 0) is 57.5 Å².